The van der Waals surface area contributed by atoms with E-state index in [4.69, 9.17) is 0 Å². The Labute approximate surface area is 101 Å². The molecule has 0 radical (unpaired) electrons. The number of carbonyl (C=O) groups excluding carboxylic acids is 1. The second-order valence-electron chi connectivity index (χ2n) is 4.90. The first-order valence-electron chi connectivity index (χ1n) is 6.07. The number of nitrogens with zero attached hydrogens (tertiary/aromatic N) is 1. The molecule has 1 aromatic rings. The first-order chi connectivity index (χ1) is 8.09. The van der Waals surface area contributed by atoms with Crippen LogP contribution in [-0.4, -0.2) is 28.4 Å². The van der Waals surface area contributed by atoms with Crippen molar-refractivity contribution in [2.24, 2.45) is 5.92 Å². The van der Waals surface area contributed by atoms with Crippen molar-refractivity contribution in [1.82, 2.24) is 9.88 Å². The van der Waals surface area contributed by atoms with Crippen molar-refractivity contribution in [2.75, 3.05) is 6.54 Å². The first-order valence-corrected chi connectivity index (χ1v) is 6.07. The lowest BCUT2D eigenvalue weighted by molar-refractivity contribution is 0.0587. The molecule has 4 nitrogen and oxygen atoms in total. The van der Waals surface area contributed by atoms with Crippen molar-refractivity contribution in [3.05, 3.63) is 34.2 Å². The highest BCUT2D eigenvalue weighted by molar-refractivity contribution is 5.94. The van der Waals surface area contributed by atoms with E-state index >= 15 is 0 Å². The average Bonchev–Trinajstić information content (AvgIpc) is 2.29. The fourth-order valence-corrected chi connectivity index (χ4v) is 2.45. The Bertz CT molecular complexity index is 466. The van der Waals surface area contributed by atoms with Gasteiger partial charge in [-0.1, -0.05) is 6.92 Å². The number of likely N-dealkylation sites (tertiary alicyclic amines) is 1. The van der Waals surface area contributed by atoms with E-state index in [1.54, 1.807) is 6.20 Å². The molecule has 0 bridgehead atoms. The summed E-state index contributed by atoms with van der Waals surface area (Å²) in [5.41, 5.74) is 0.0356. The van der Waals surface area contributed by atoms with Gasteiger partial charge in [0.2, 0.25) is 0 Å². The van der Waals surface area contributed by atoms with E-state index in [1.165, 1.54) is 12.3 Å². The van der Waals surface area contributed by atoms with Gasteiger partial charge in [-0.2, -0.15) is 0 Å². The van der Waals surface area contributed by atoms with Crippen LogP contribution in [0.5, 0.6) is 0 Å². The Balaban J connectivity index is 2.21. The lowest BCUT2D eigenvalue weighted by Crippen LogP contribution is -2.45. The van der Waals surface area contributed by atoms with Crippen molar-refractivity contribution >= 4 is 5.91 Å². The molecule has 2 atom stereocenters. The molecule has 0 spiro atoms. The van der Waals surface area contributed by atoms with Gasteiger partial charge in [0.05, 0.1) is 0 Å². The van der Waals surface area contributed by atoms with Gasteiger partial charge in [-0.25, -0.2) is 0 Å². The van der Waals surface area contributed by atoms with Crippen LogP contribution in [0.1, 0.15) is 37.0 Å². The molecule has 92 valence electrons. The standard InChI is InChI=1S/C13H18N2O2/c1-9-4-6-15(10(2)7-9)13(17)11-8-14-5-3-12(11)16/h3,5,8-10H,4,6-7H2,1-2H3,(H,14,16). The number of nitrogens with one attached hydrogen (secondary N) is 1. The first kappa shape index (κ1) is 11.9. The second-order valence-corrected chi connectivity index (χ2v) is 4.90. The van der Waals surface area contributed by atoms with Crippen LogP contribution in [0.2, 0.25) is 0 Å². The van der Waals surface area contributed by atoms with E-state index in [-0.39, 0.29) is 22.9 Å². The summed E-state index contributed by atoms with van der Waals surface area (Å²) in [4.78, 5) is 28.5. The van der Waals surface area contributed by atoms with E-state index in [9.17, 15) is 9.59 Å². The Morgan fingerprint density at radius 2 is 2.24 bits per heavy atom. The molecule has 17 heavy (non-hydrogen) atoms. The van der Waals surface area contributed by atoms with Crippen molar-refractivity contribution in [3.63, 3.8) is 0 Å². The van der Waals surface area contributed by atoms with E-state index in [0.29, 0.717) is 5.92 Å². The summed E-state index contributed by atoms with van der Waals surface area (Å²) in [6.45, 7) is 4.99. The highest BCUT2D eigenvalue weighted by Gasteiger charge is 2.28. The number of H-pyrrole nitrogens is 1. The SMILES string of the molecule is CC1CCN(C(=O)c2c[nH]ccc2=O)C(C)C1. The number of rotatable bonds is 1. The molecular weight excluding hydrogens is 216 g/mol. The van der Waals surface area contributed by atoms with Crippen LogP contribution in [0.15, 0.2) is 23.3 Å². The van der Waals surface area contributed by atoms with Crippen LogP contribution >= 0.6 is 0 Å². The van der Waals surface area contributed by atoms with Crippen LogP contribution in [0, 0.1) is 5.92 Å². The van der Waals surface area contributed by atoms with Crippen molar-refractivity contribution < 1.29 is 4.79 Å². The zero-order valence-corrected chi connectivity index (χ0v) is 10.3. The number of pyridine rings is 1. The minimum absolute atomic E-state index is 0.147. The van der Waals surface area contributed by atoms with Gasteiger partial charge in [-0.05, 0) is 25.7 Å². The number of aromatic amines is 1. The third-order valence-electron chi connectivity index (χ3n) is 3.45. The Hall–Kier alpha value is -1.58. The molecule has 1 aromatic heterocycles. The van der Waals surface area contributed by atoms with Crippen LogP contribution in [-0.2, 0) is 0 Å². The number of piperidine rings is 1. The maximum absolute atomic E-state index is 12.2. The molecular formula is C13H18N2O2. The molecule has 2 heterocycles. The summed E-state index contributed by atoms with van der Waals surface area (Å²) in [6, 6.07) is 1.61. The van der Waals surface area contributed by atoms with Crippen molar-refractivity contribution in [2.45, 2.75) is 32.7 Å². The molecule has 1 aliphatic rings. The number of amides is 1. The minimum Gasteiger partial charge on any atom is -0.367 e. The summed E-state index contributed by atoms with van der Waals surface area (Å²) in [5.74, 6) is 0.509. The van der Waals surface area contributed by atoms with Gasteiger partial charge in [0.1, 0.15) is 5.56 Å². The van der Waals surface area contributed by atoms with Crippen LogP contribution in [0.3, 0.4) is 0 Å². The van der Waals surface area contributed by atoms with E-state index in [2.05, 4.69) is 11.9 Å². The predicted octanol–water partition coefficient (Wildman–Crippen LogP) is 1.64. The minimum atomic E-state index is -0.209. The number of hydrogen-bond acceptors (Lipinski definition) is 2. The van der Waals surface area contributed by atoms with E-state index < -0.39 is 0 Å². The van der Waals surface area contributed by atoms with Crippen LogP contribution < -0.4 is 5.43 Å². The second kappa shape index (κ2) is 4.73. The number of hydrogen-bond donors (Lipinski definition) is 1. The van der Waals surface area contributed by atoms with Gasteiger partial charge >= 0.3 is 0 Å². The number of aromatic nitrogens is 1. The quantitative estimate of drug-likeness (QED) is 0.803. The molecule has 1 saturated heterocycles. The zero-order chi connectivity index (χ0) is 12.4. The maximum Gasteiger partial charge on any atom is 0.259 e. The monoisotopic (exact) mass is 234 g/mol. The Morgan fingerprint density at radius 3 is 2.88 bits per heavy atom. The van der Waals surface area contributed by atoms with E-state index in [0.717, 1.165) is 19.4 Å². The average molecular weight is 234 g/mol. The highest BCUT2D eigenvalue weighted by Crippen LogP contribution is 2.22. The van der Waals surface area contributed by atoms with Gasteiger partial charge in [-0.3, -0.25) is 9.59 Å². The molecule has 0 aromatic carbocycles. The van der Waals surface area contributed by atoms with Gasteiger partial charge in [0.15, 0.2) is 5.43 Å². The predicted molar refractivity (Wildman–Crippen MR) is 66.0 cm³/mol. The van der Waals surface area contributed by atoms with Gasteiger partial charge in [-0.15, -0.1) is 0 Å². The Morgan fingerprint density at radius 1 is 1.47 bits per heavy atom. The van der Waals surface area contributed by atoms with Gasteiger partial charge in [0, 0.05) is 31.0 Å². The maximum atomic E-state index is 12.2. The molecule has 0 aliphatic carbocycles. The summed E-state index contributed by atoms with van der Waals surface area (Å²) in [5, 5.41) is 0. The van der Waals surface area contributed by atoms with E-state index in [1.807, 2.05) is 11.8 Å². The summed E-state index contributed by atoms with van der Waals surface area (Å²) in [6.07, 6.45) is 5.06. The summed E-state index contributed by atoms with van der Waals surface area (Å²) >= 11 is 0. The Kier molecular flexibility index (Phi) is 3.31. The lowest BCUT2D eigenvalue weighted by atomic mass is 9.93. The third kappa shape index (κ3) is 2.40. The molecule has 1 aliphatic heterocycles. The third-order valence-corrected chi connectivity index (χ3v) is 3.45. The molecule has 2 rings (SSSR count). The zero-order valence-electron chi connectivity index (χ0n) is 10.3. The fraction of sp³-hybridized carbons (Fsp3) is 0.538. The molecule has 1 amide bonds. The largest absolute Gasteiger partial charge is 0.367 e. The highest BCUT2D eigenvalue weighted by atomic mass is 16.2. The molecule has 4 heteroatoms. The van der Waals surface area contributed by atoms with Crippen molar-refractivity contribution in [1.29, 1.82) is 0 Å². The molecule has 2 unspecified atom stereocenters. The molecule has 1 fully saturated rings. The summed E-state index contributed by atoms with van der Waals surface area (Å²) in [7, 11) is 0. The van der Waals surface area contributed by atoms with Gasteiger partial charge < -0.3 is 9.88 Å². The van der Waals surface area contributed by atoms with Crippen molar-refractivity contribution in [3.8, 4) is 0 Å². The topological polar surface area (TPSA) is 53.2 Å². The normalized spacial score (nSPS) is 24.7. The fourth-order valence-electron chi connectivity index (χ4n) is 2.45. The van der Waals surface area contributed by atoms with Crippen LogP contribution in [0.4, 0.5) is 0 Å². The molecule has 1 N–H and O–H groups in total. The molecule has 0 saturated carbocycles. The summed E-state index contributed by atoms with van der Waals surface area (Å²) < 4.78 is 0. The number of carbonyl (C=O) groups is 1. The lowest BCUT2D eigenvalue weighted by Gasteiger charge is -2.36. The smallest absolute Gasteiger partial charge is 0.259 e. The van der Waals surface area contributed by atoms with Gasteiger partial charge in [0.25, 0.3) is 5.91 Å². The van der Waals surface area contributed by atoms with Crippen LogP contribution in [0.25, 0.3) is 0 Å².